The predicted molar refractivity (Wildman–Crippen MR) is 118 cm³/mol. The van der Waals surface area contributed by atoms with Crippen LogP contribution in [-0.2, 0) is 19.3 Å². The summed E-state index contributed by atoms with van der Waals surface area (Å²) in [6.07, 6.45) is -4.41. The number of alkyl halides is 3. The lowest BCUT2D eigenvalue weighted by Gasteiger charge is -2.20. The fourth-order valence-corrected chi connectivity index (χ4v) is 3.24. The van der Waals surface area contributed by atoms with Gasteiger partial charge < -0.3 is 19.1 Å². The van der Waals surface area contributed by atoms with Gasteiger partial charge in [0.05, 0.1) is 19.8 Å². The number of hydrogen-bond donors (Lipinski definition) is 0. The molecule has 33 heavy (non-hydrogen) atoms. The van der Waals surface area contributed by atoms with Crippen molar-refractivity contribution in [3.8, 4) is 17.2 Å². The molecule has 0 bridgehead atoms. The molecule has 0 unspecified atom stereocenters. The first kappa shape index (κ1) is 24.0. The molecule has 3 rings (SSSR count). The van der Waals surface area contributed by atoms with Gasteiger partial charge in [0.2, 0.25) is 5.75 Å². The molecular weight excluding hydrogens is 435 g/mol. The number of halogens is 3. The van der Waals surface area contributed by atoms with Crippen LogP contribution in [0.3, 0.4) is 0 Å². The van der Waals surface area contributed by atoms with E-state index in [0.29, 0.717) is 28.4 Å². The fourth-order valence-electron chi connectivity index (χ4n) is 3.24. The Labute approximate surface area is 190 Å². The van der Waals surface area contributed by atoms with Crippen LogP contribution in [0.25, 0.3) is 0 Å². The third-order valence-corrected chi connectivity index (χ3v) is 4.98. The number of carbonyl (C=O) groups excluding carboxylic acids is 1. The van der Waals surface area contributed by atoms with Gasteiger partial charge in [-0.3, -0.25) is 4.79 Å². The Morgan fingerprint density at radius 3 is 1.97 bits per heavy atom. The van der Waals surface area contributed by atoms with Gasteiger partial charge in [-0.25, -0.2) is 0 Å². The molecule has 0 aliphatic carbocycles. The van der Waals surface area contributed by atoms with Crippen molar-refractivity contribution in [3.63, 3.8) is 0 Å². The molecule has 0 aliphatic heterocycles. The van der Waals surface area contributed by atoms with E-state index in [-0.39, 0.29) is 19.1 Å². The molecule has 8 heteroatoms. The van der Waals surface area contributed by atoms with E-state index in [9.17, 15) is 18.0 Å². The van der Waals surface area contributed by atoms with Crippen LogP contribution in [0.2, 0.25) is 0 Å². The van der Waals surface area contributed by atoms with Crippen molar-refractivity contribution in [2.24, 2.45) is 0 Å². The summed E-state index contributed by atoms with van der Waals surface area (Å²) in [7, 11) is 4.49. The van der Waals surface area contributed by atoms with Gasteiger partial charge >= 0.3 is 6.18 Å². The molecule has 5 nitrogen and oxygen atoms in total. The molecule has 0 atom stereocenters. The highest BCUT2D eigenvalue weighted by Gasteiger charge is 2.30. The van der Waals surface area contributed by atoms with Gasteiger partial charge in [-0.15, -0.1) is 0 Å². The summed E-state index contributed by atoms with van der Waals surface area (Å²) >= 11 is 0. The summed E-state index contributed by atoms with van der Waals surface area (Å²) in [5.74, 6) is 0.681. The van der Waals surface area contributed by atoms with E-state index in [1.54, 1.807) is 19.2 Å². The van der Waals surface area contributed by atoms with E-state index >= 15 is 0 Å². The minimum absolute atomic E-state index is 0.133. The number of benzene rings is 3. The molecule has 0 spiro atoms. The zero-order valence-electron chi connectivity index (χ0n) is 18.5. The molecule has 0 saturated carbocycles. The molecule has 174 valence electrons. The molecule has 0 aromatic heterocycles. The maximum absolute atomic E-state index is 13.0. The average molecular weight is 459 g/mol. The smallest absolute Gasteiger partial charge is 0.416 e. The summed E-state index contributed by atoms with van der Waals surface area (Å²) < 4.78 is 55.0. The van der Waals surface area contributed by atoms with Crippen molar-refractivity contribution >= 4 is 5.91 Å². The second-order valence-corrected chi connectivity index (χ2v) is 7.34. The van der Waals surface area contributed by atoms with Gasteiger partial charge in [-0.2, -0.15) is 13.2 Å². The first-order chi connectivity index (χ1) is 15.7. The summed E-state index contributed by atoms with van der Waals surface area (Å²) in [4.78, 5) is 14.4. The van der Waals surface area contributed by atoms with Gasteiger partial charge in [0, 0.05) is 19.2 Å². The summed E-state index contributed by atoms with van der Waals surface area (Å²) in [6, 6.07) is 17.4. The Morgan fingerprint density at radius 1 is 0.879 bits per heavy atom. The maximum Gasteiger partial charge on any atom is 0.416 e. The Hall–Kier alpha value is -3.68. The van der Waals surface area contributed by atoms with Gasteiger partial charge in [0.15, 0.2) is 11.5 Å². The molecular formula is C25H24F3NO4. The van der Waals surface area contributed by atoms with E-state index < -0.39 is 11.7 Å². The average Bonchev–Trinajstić information content (AvgIpc) is 2.82. The SMILES string of the molecule is COc1cc(C(=O)N(C)Cc2ccc(C(F)(F)F)cc2)cc(OC)c1OCc1ccccc1. The van der Waals surface area contributed by atoms with Crippen LogP contribution in [0, 0.1) is 0 Å². The lowest BCUT2D eigenvalue weighted by Crippen LogP contribution is -2.26. The quantitative estimate of drug-likeness (QED) is 0.442. The van der Waals surface area contributed by atoms with Gasteiger partial charge in [0.25, 0.3) is 5.91 Å². The largest absolute Gasteiger partial charge is 0.493 e. The molecule has 0 N–H and O–H groups in total. The van der Waals surface area contributed by atoms with E-state index in [1.165, 1.54) is 31.3 Å². The van der Waals surface area contributed by atoms with Crippen molar-refractivity contribution in [1.29, 1.82) is 0 Å². The number of rotatable bonds is 8. The summed E-state index contributed by atoms with van der Waals surface area (Å²) in [5, 5.41) is 0. The number of ether oxygens (including phenoxy) is 3. The molecule has 0 saturated heterocycles. The van der Waals surface area contributed by atoms with Gasteiger partial charge in [-0.05, 0) is 35.4 Å². The first-order valence-corrected chi connectivity index (χ1v) is 10.1. The topological polar surface area (TPSA) is 48.0 Å². The van der Waals surface area contributed by atoms with Crippen LogP contribution in [0.1, 0.15) is 27.0 Å². The van der Waals surface area contributed by atoms with Crippen molar-refractivity contribution in [1.82, 2.24) is 4.90 Å². The van der Waals surface area contributed by atoms with Crippen LogP contribution in [0.5, 0.6) is 17.2 Å². The van der Waals surface area contributed by atoms with E-state index in [1.807, 2.05) is 30.3 Å². The van der Waals surface area contributed by atoms with Crippen molar-refractivity contribution in [2.45, 2.75) is 19.3 Å². The highest BCUT2D eigenvalue weighted by atomic mass is 19.4. The fraction of sp³-hybridized carbons (Fsp3) is 0.240. The van der Waals surface area contributed by atoms with Gasteiger partial charge in [-0.1, -0.05) is 42.5 Å². The number of amides is 1. The minimum atomic E-state index is -4.41. The van der Waals surface area contributed by atoms with E-state index in [2.05, 4.69) is 0 Å². The molecule has 0 heterocycles. The molecule has 0 radical (unpaired) electrons. The standard InChI is InChI=1S/C25H24F3NO4/c1-29(15-17-9-11-20(12-10-17)25(26,27)28)24(30)19-13-21(31-2)23(22(14-19)32-3)33-16-18-7-5-4-6-8-18/h4-14H,15-16H2,1-3H3. The van der Waals surface area contributed by atoms with E-state index in [4.69, 9.17) is 14.2 Å². The predicted octanol–water partition coefficient (Wildman–Crippen LogP) is 5.57. The number of carbonyl (C=O) groups is 1. The van der Waals surface area contributed by atoms with Crippen LogP contribution in [0.15, 0.2) is 66.7 Å². The Kier molecular flexibility index (Phi) is 7.48. The maximum atomic E-state index is 13.0. The van der Waals surface area contributed by atoms with Crippen LogP contribution >= 0.6 is 0 Å². The number of nitrogens with zero attached hydrogens (tertiary/aromatic N) is 1. The normalized spacial score (nSPS) is 11.1. The zero-order chi connectivity index (χ0) is 24.0. The van der Waals surface area contributed by atoms with Crippen LogP contribution in [-0.4, -0.2) is 32.1 Å². The Balaban J connectivity index is 1.77. The number of hydrogen-bond acceptors (Lipinski definition) is 4. The third kappa shape index (κ3) is 5.97. The third-order valence-electron chi connectivity index (χ3n) is 4.98. The van der Waals surface area contributed by atoms with E-state index in [0.717, 1.165) is 17.7 Å². The minimum Gasteiger partial charge on any atom is -0.493 e. The molecule has 3 aromatic rings. The monoisotopic (exact) mass is 459 g/mol. The lowest BCUT2D eigenvalue weighted by atomic mass is 10.1. The highest BCUT2D eigenvalue weighted by Crippen LogP contribution is 2.39. The summed E-state index contributed by atoms with van der Waals surface area (Å²) in [6.45, 7) is 0.419. The first-order valence-electron chi connectivity index (χ1n) is 10.1. The molecule has 1 amide bonds. The Bertz CT molecular complexity index is 1060. The second-order valence-electron chi connectivity index (χ2n) is 7.34. The van der Waals surface area contributed by atoms with Crippen LogP contribution in [0.4, 0.5) is 13.2 Å². The summed E-state index contributed by atoms with van der Waals surface area (Å²) in [5.41, 5.74) is 1.09. The van der Waals surface area contributed by atoms with Crippen molar-refractivity contribution in [2.75, 3.05) is 21.3 Å². The van der Waals surface area contributed by atoms with Crippen molar-refractivity contribution < 1.29 is 32.2 Å². The zero-order valence-corrected chi connectivity index (χ0v) is 18.5. The highest BCUT2D eigenvalue weighted by molar-refractivity contribution is 5.95. The molecule has 0 fully saturated rings. The molecule has 0 aliphatic rings. The molecule has 3 aromatic carbocycles. The number of methoxy groups -OCH3 is 2. The lowest BCUT2D eigenvalue weighted by molar-refractivity contribution is -0.137. The second kappa shape index (κ2) is 10.3. The Morgan fingerprint density at radius 2 is 1.45 bits per heavy atom. The van der Waals surface area contributed by atoms with Gasteiger partial charge in [0.1, 0.15) is 6.61 Å². The van der Waals surface area contributed by atoms with Crippen LogP contribution < -0.4 is 14.2 Å². The van der Waals surface area contributed by atoms with Crippen molar-refractivity contribution in [3.05, 3.63) is 89.0 Å².